The van der Waals surface area contributed by atoms with Gasteiger partial charge in [-0.05, 0) is 51.6 Å². The summed E-state index contributed by atoms with van der Waals surface area (Å²) in [5.41, 5.74) is 7.18. The number of benzene rings is 1. The average molecular weight is 543 g/mol. The van der Waals surface area contributed by atoms with Gasteiger partial charge in [0.1, 0.15) is 5.60 Å². The number of hydrogen-bond acceptors (Lipinski definition) is 4. The Labute approximate surface area is 204 Å². The molecule has 8 heteroatoms. The third kappa shape index (κ3) is 8.48. The van der Waals surface area contributed by atoms with E-state index in [-0.39, 0.29) is 30.1 Å². The Bertz CT molecular complexity index is 714. The van der Waals surface area contributed by atoms with Gasteiger partial charge in [-0.15, -0.1) is 24.0 Å². The molecule has 2 saturated heterocycles. The molecule has 0 spiro atoms. The number of rotatable bonds is 5. The van der Waals surface area contributed by atoms with E-state index in [9.17, 15) is 4.79 Å². The first-order valence-electron chi connectivity index (χ1n) is 11.1. The highest BCUT2D eigenvalue weighted by Crippen LogP contribution is 2.17. The van der Waals surface area contributed by atoms with Gasteiger partial charge in [0.25, 0.3) is 0 Å². The molecule has 1 amide bonds. The summed E-state index contributed by atoms with van der Waals surface area (Å²) in [5.74, 6) is 1.17. The van der Waals surface area contributed by atoms with E-state index < -0.39 is 5.60 Å². The van der Waals surface area contributed by atoms with E-state index in [2.05, 4.69) is 45.1 Å². The van der Waals surface area contributed by atoms with Gasteiger partial charge in [0.2, 0.25) is 0 Å². The summed E-state index contributed by atoms with van der Waals surface area (Å²) < 4.78 is 5.45. The van der Waals surface area contributed by atoms with Crippen molar-refractivity contribution >= 4 is 36.0 Å². The van der Waals surface area contributed by atoms with E-state index in [1.54, 1.807) is 4.90 Å². The van der Waals surface area contributed by atoms with Crippen molar-refractivity contribution in [2.45, 2.75) is 39.2 Å². The molecule has 174 valence electrons. The SMILES string of the molecule is CC(C)(C)OC(=O)N1CCN(C(N)=NCC2CCN(CCc3ccccc3)C2)CC1.I. The van der Waals surface area contributed by atoms with E-state index in [1.165, 1.54) is 12.0 Å². The van der Waals surface area contributed by atoms with Crippen LogP contribution >= 0.6 is 24.0 Å². The smallest absolute Gasteiger partial charge is 0.410 e. The minimum absolute atomic E-state index is 0. The lowest BCUT2D eigenvalue weighted by atomic mass is 10.1. The third-order valence-corrected chi connectivity index (χ3v) is 5.70. The van der Waals surface area contributed by atoms with Crippen LogP contribution in [-0.4, -0.2) is 84.7 Å². The molecule has 2 heterocycles. The number of guanidine groups is 1. The van der Waals surface area contributed by atoms with Gasteiger partial charge in [-0.3, -0.25) is 4.99 Å². The van der Waals surface area contributed by atoms with Crippen molar-refractivity contribution in [1.82, 2.24) is 14.7 Å². The normalized spacial score (nSPS) is 20.5. The highest BCUT2D eigenvalue weighted by molar-refractivity contribution is 14.0. The highest BCUT2D eigenvalue weighted by atomic mass is 127. The molecule has 2 fully saturated rings. The number of amides is 1. The first-order chi connectivity index (χ1) is 14.3. The van der Waals surface area contributed by atoms with Crippen LogP contribution in [-0.2, 0) is 11.2 Å². The maximum atomic E-state index is 12.2. The van der Waals surface area contributed by atoms with Crippen LogP contribution in [0.1, 0.15) is 32.8 Å². The number of ether oxygens (including phenoxy) is 1. The number of nitrogens with two attached hydrogens (primary N) is 1. The van der Waals surface area contributed by atoms with E-state index in [0.717, 1.165) is 32.6 Å². The zero-order chi connectivity index (χ0) is 21.6. The average Bonchev–Trinajstić information content (AvgIpc) is 3.18. The van der Waals surface area contributed by atoms with Crippen LogP contribution in [0.5, 0.6) is 0 Å². The second-order valence-electron chi connectivity index (χ2n) is 9.34. The fourth-order valence-electron chi connectivity index (χ4n) is 3.96. The van der Waals surface area contributed by atoms with Crippen LogP contribution < -0.4 is 5.73 Å². The number of likely N-dealkylation sites (tertiary alicyclic amines) is 1. The second-order valence-corrected chi connectivity index (χ2v) is 9.34. The van der Waals surface area contributed by atoms with Crippen molar-refractivity contribution < 1.29 is 9.53 Å². The Hall–Kier alpha value is -1.55. The largest absolute Gasteiger partial charge is 0.444 e. The fourth-order valence-corrected chi connectivity index (χ4v) is 3.96. The Morgan fingerprint density at radius 3 is 2.39 bits per heavy atom. The molecule has 1 aromatic carbocycles. The van der Waals surface area contributed by atoms with Crippen LogP contribution in [0.4, 0.5) is 4.79 Å². The molecule has 0 saturated carbocycles. The van der Waals surface area contributed by atoms with Crippen molar-refractivity contribution in [2.75, 3.05) is 52.4 Å². The molecule has 31 heavy (non-hydrogen) atoms. The molecule has 3 rings (SSSR count). The Morgan fingerprint density at radius 2 is 1.74 bits per heavy atom. The van der Waals surface area contributed by atoms with E-state index in [1.807, 2.05) is 20.8 Å². The lowest BCUT2D eigenvalue weighted by molar-refractivity contribution is 0.0186. The maximum absolute atomic E-state index is 12.2. The Morgan fingerprint density at radius 1 is 1.10 bits per heavy atom. The Balaban J connectivity index is 0.00000341. The van der Waals surface area contributed by atoms with Crippen molar-refractivity contribution in [1.29, 1.82) is 0 Å². The van der Waals surface area contributed by atoms with Gasteiger partial charge >= 0.3 is 6.09 Å². The molecule has 7 nitrogen and oxygen atoms in total. The topological polar surface area (TPSA) is 74.4 Å². The van der Waals surface area contributed by atoms with E-state index in [0.29, 0.717) is 38.1 Å². The summed E-state index contributed by atoms with van der Waals surface area (Å²) in [6.45, 7) is 12.4. The fraction of sp³-hybridized carbons (Fsp3) is 0.652. The first-order valence-corrected chi connectivity index (χ1v) is 11.1. The van der Waals surface area contributed by atoms with Gasteiger partial charge in [-0.25, -0.2) is 4.79 Å². The molecule has 0 bridgehead atoms. The molecular weight excluding hydrogens is 505 g/mol. The summed E-state index contributed by atoms with van der Waals surface area (Å²) in [6.07, 6.45) is 2.03. The molecule has 0 radical (unpaired) electrons. The predicted molar refractivity (Wildman–Crippen MR) is 136 cm³/mol. The molecule has 2 aliphatic rings. The number of carbonyl (C=O) groups is 1. The van der Waals surface area contributed by atoms with Crippen LogP contribution in [0, 0.1) is 5.92 Å². The summed E-state index contributed by atoms with van der Waals surface area (Å²) in [5, 5.41) is 0. The standard InChI is InChI=1S/C23H37N5O2.HI/c1-23(2,3)30-22(29)28-15-13-27(14-16-28)21(24)25-17-20-10-12-26(18-20)11-9-19-7-5-4-6-8-19;/h4-8,20H,9-18H2,1-3H3,(H2,24,25);1H. The number of nitrogens with zero attached hydrogens (tertiary/aromatic N) is 4. The minimum Gasteiger partial charge on any atom is -0.444 e. The van der Waals surface area contributed by atoms with Crippen LogP contribution in [0.3, 0.4) is 0 Å². The molecule has 1 atom stereocenters. The monoisotopic (exact) mass is 543 g/mol. The number of piperazine rings is 1. The maximum Gasteiger partial charge on any atom is 0.410 e. The van der Waals surface area contributed by atoms with Crippen molar-refractivity contribution in [3.05, 3.63) is 35.9 Å². The number of carbonyl (C=O) groups excluding carboxylic acids is 1. The van der Waals surface area contributed by atoms with E-state index in [4.69, 9.17) is 10.5 Å². The molecule has 2 aliphatic heterocycles. The predicted octanol–water partition coefficient (Wildman–Crippen LogP) is 3.04. The highest BCUT2D eigenvalue weighted by Gasteiger charge is 2.27. The summed E-state index contributed by atoms with van der Waals surface area (Å²) >= 11 is 0. The molecule has 2 N–H and O–H groups in total. The molecule has 1 aromatic rings. The van der Waals surface area contributed by atoms with E-state index >= 15 is 0 Å². The van der Waals surface area contributed by atoms with Gasteiger partial charge < -0.3 is 25.2 Å². The number of hydrogen-bond donors (Lipinski definition) is 1. The lowest BCUT2D eigenvalue weighted by Crippen LogP contribution is -2.53. The zero-order valence-corrected chi connectivity index (χ0v) is 21.5. The summed E-state index contributed by atoms with van der Waals surface area (Å²) in [6, 6.07) is 10.7. The third-order valence-electron chi connectivity index (χ3n) is 5.70. The summed E-state index contributed by atoms with van der Waals surface area (Å²) in [7, 11) is 0. The van der Waals surface area contributed by atoms with Gasteiger partial charge in [-0.2, -0.15) is 0 Å². The quantitative estimate of drug-likeness (QED) is 0.351. The van der Waals surface area contributed by atoms with Crippen molar-refractivity contribution in [2.24, 2.45) is 16.6 Å². The second kappa shape index (κ2) is 11.9. The van der Waals surface area contributed by atoms with Crippen molar-refractivity contribution in [3.63, 3.8) is 0 Å². The van der Waals surface area contributed by atoms with Crippen LogP contribution in [0.15, 0.2) is 35.3 Å². The first kappa shape index (κ1) is 25.7. The molecular formula is C23H38IN5O2. The van der Waals surface area contributed by atoms with Gasteiger partial charge in [0.05, 0.1) is 0 Å². The van der Waals surface area contributed by atoms with Gasteiger partial charge in [-0.1, -0.05) is 30.3 Å². The molecule has 1 unspecified atom stereocenters. The summed E-state index contributed by atoms with van der Waals surface area (Å²) in [4.78, 5) is 23.2. The van der Waals surface area contributed by atoms with Gasteiger partial charge in [0, 0.05) is 45.8 Å². The Kier molecular flexibility index (Phi) is 9.87. The van der Waals surface area contributed by atoms with Crippen LogP contribution in [0.2, 0.25) is 0 Å². The molecule has 0 aromatic heterocycles. The van der Waals surface area contributed by atoms with Gasteiger partial charge in [0.15, 0.2) is 5.96 Å². The number of halogens is 1. The van der Waals surface area contributed by atoms with Crippen molar-refractivity contribution in [3.8, 4) is 0 Å². The minimum atomic E-state index is -0.467. The molecule has 0 aliphatic carbocycles. The number of aliphatic imine (C=N–C) groups is 1. The van der Waals surface area contributed by atoms with Crippen LogP contribution in [0.25, 0.3) is 0 Å². The zero-order valence-electron chi connectivity index (χ0n) is 19.1. The lowest BCUT2D eigenvalue weighted by Gasteiger charge is -2.36.